The molecule has 0 saturated carbocycles. The number of furan rings is 1. The Balaban J connectivity index is 2.07. The first-order valence-electron chi connectivity index (χ1n) is 5.20. The number of hydrogen-bond donors (Lipinski definition) is 1. The van der Waals surface area contributed by atoms with Crippen LogP contribution in [-0.2, 0) is 6.54 Å². The van der Waals surface area contributed by atoms with Crippen LogP contribution >= 0.6 is 22.6 Å². The Morgan fingerprint density at radius 2 is 2.00 bits per heavy atom. The second-order valence-electron chi connectivity index (χ2n) is 3.88. The Morgan fingerprint density at radius 3 is 2.69 bits per heavy atom. The van der Waals surface area contributed by atoms with E-state index in [1.165, 1.54) is 16.8 Å². The van der Waals surface area contributed by atoms with Gasteiger partial charge in [-0.2, -0.15) is 0 Å². The monoisotopic (exact) mass is 327 g/mol. The van der Waals surface area contributed by atoms with Crippen LogP contribution in [0.4, 0.5) is 5.69 Å². The predicted octanol–water partition coefficient (Wildman–Crippen LogP) is 4.11. The topological polar surface area (TPSA) is 25.2 Å². The molecule has 0 radical (unpaired) electrons. The van der Waals surface area contributed by atoms with E-state index in [1.807, 2.05) is 12.1 Å². The van der Waals surface area contributed by atoms with Gasteiger partial charge in [-0.15, -0.1) is 0 Å². The van der Waals surface area contributed by atoms with Gasteiger partial charge in [-0.3, -0.25) is 0 Å². The van der Waals surface area contributed by atoms with Gasteiger partial charge in [0, 0.05) is 5.69 Å². The van der Waals surface area contributed by atoms with Crippen molar-refractivity contribution in [2.45, 2.75) is 20.4 Å². The maximum absolute atomic E-state index is 5.50. The Kier molecular flexibility index (Phi) is 3.53. The van der Waals surface area contributed by atoms with Gasteiger partial charge in [0.15, 0.2) is 3.77 Å². The third-order valence-corrected chi connectivity index (χ3v) is 3.05. The molecule has 0 aliphatic heterocycles. The molecule has 2 aromatic rings. The zero-order valence-corrected chi connectivity index (χ0v) is 11.5. The van der Waals surface area contributed by atoms with E-state index in [4.69, 9.17) is 4.42 Å². The predicted molar refractivity (Wildman–Crippen MR) is 74.7 cm³/mol. The van der Waals surface area contributed by atoms with Crippen molar-refractivity contribution in [3.8, 4) is 0 Å². The van der Waals surface area contributed by atoms with Crippen molar-refractivity contribution >= 4 is 28.3 Å². The van der Waals surface area contributed by atoms with Gasteiger partial charge < -0.3 is 9.73 Å². The van der Waals surface area contributed by atoms with Gasteiger partial charge in [-0.25, -0.2) is 0 Å². The van der Waals surface area contributed by atoms with E-state index >= 15 is 0 Å². The van der Waals surface area contributed by atoms with E-state index in [0.717, 1.165) is 16.1 Å². The first kappa shape index (κ1) is 11.5. The Bertz CT molecular complexity index is 490. The summed E-state index contributed by atoms with van der Waals surface area (Å²) in [7, 11) is 0. The summed E-state index contributed by atoms with van der Waals surface area (Å²) in [4.78, 5) is 0. The summed E-state index contributed by atoms with van der Waals surface area (Å²) in [6, 6.07) is 10.4. The van der Waals surface area contributed by atoms with E-state index in [0.29, 0.717) is 0 Å². The van der Waals surface area contributed by atoms with Crippen molar-refractivity contribution in [3.63, 3.8) is 0 Å². The third kappa shape index (κ3) is 2.78. The van der Waals surface area contributed by atoms with E-state index in [1.54, 1.807) is 0 Å². The maximum Gasteiger partial charge on any atom is 0.164 e. The molecule has 2 rings (SSSR count). The molecule has 0 spiro atoms. The molecule has 3 heteroatoms. The molecule has 1 aromatic heterocycles. The molecule has 84 valence electrons. The minimum atomic E-state index is 0.729. The van der Waals surface area contributed by atoms with E-state index in [9.17, 15) is 0 Å². The summed E-state index contributed by atoms with van der Waals surface area (Å²) in [5.41, 5.74) is 3.69. The van der Waals surface area contributed by atoms with Crippen molar-refractivity contribution in [2.24, 2.45) is 0 Å². The van der Waals surface area contributed by atoms with Gasteiger partial charge in [0.1, 0.15) is 5.76 Å². The molecule has 16 heavy (non-hydrogen) atoms. The highest BCUT2D eigenvalue weighted by Crippen LogP contribution is 2.18. The first-order chi connectivity index (χ1) is 7.65. The van der Waals surface area contributed by atoms with Crippen LogP contribution in [0.2, 0.25) is 0 Å². The third-order valence-electron chi connectivity index (χ3n) is 2.47. The summed E-state index contributed by atoms with van der Waals surface area (Å²) >= 11 is 2.17. The molecule has 0 atom stereocenters. The molecular formula is C13H14INO. The molecule has 2 nitrogen and oxygen atoms in total. The molecule has 0 fully saturated rings. The summed E-state index contributed by atoms with van der Waals surface area (Å²) < 4.78 is 6.43. The highest BCUT2D eigenvalue weighted by Gasteiger charge is 2.01. The highest BCUT2D eigenvalue weighted by molar-refractivity contribution is 14.1. The molecule has 1 heterocycles. The highest BCUT2D eigenvalue weighted by atomic mass is 127. The zero-order valence-electron chi connectivity index (χ0n) is 9.38. The average Bonchev–Trinajstić information content (AvgIpc) is 2.66. The average molecular weight is 327 g/mol. The fraction of sp³-hybridized carbons (Fsp3) is 0.231. The molecule has 0 aliphatic carbocycles. The fourth-order valence-corrected chi connectivity index (χ4v) is 2.02. The Labute approximate surface area is 109 Å². The number of hydrogen-bond acceptors (Lipinski definition) is 2. The van der Waals surface area contributed by atoms with Crippen LogP contribution in [0.1, 0.15) is 16.9 Å². The van der Waals surface area contributed by atoms with Crippen molar-refractivity contribution in [2.75, 3.05) is 5.32 Å². The van der Waals surface area contributed by atoms with Crippen LogP contribution in [0.25, 0.3) is 0 Å². The van der Waals surface area contributed by atoms with Gasteiger partial charge in [-0.05, 0) is 65.8 Å². The lowest BCUT2D eigenvalue weighted by atomic mass is 10.1. The molecule has 0 unspecified atom stereocenters. The van der Waals surface area contributed by atoms with Crippen LogP contribution < -0.4 is 5.32 Å². The van der Waals surface area contributed by atoms with Crippen LogP contribution in [0.15, 0.2) is 34.7 Å². The van der Waals surface area contributed by atoms with Gasteiger partial charge >= 0.3 is 0 Å². The van der Waals surface area contributed by atoms with Crippen molar-refractivity contribution in [1.29, 1.82) is 0 Å². The lowest BCUT2D eigenvalue weighted by Gasteiger charge is -2.08. The largest absolute Gasteiger partial charge is 0.454 e. The van der Waals surface area contributed by atoms with E-state index < -0.39 is 0 Å². The smallest absolute Gasteiger partial charge is 0.164 e. The van der Waals surface area contributed by atoms with Gasteiger partial charge in [0.2, 0.25) is 0 Å². The Hall–Kier alpha value is -0.970. The standard InChI is InChI=1S/C13H14INO/c1-9-3-4-10(2)12(7-9)15-8-11-5-6-13(14)16-11/h3-7,15H,8H2,1-2H3. The summed E-state index contributed by atoms with van der Waals surface area (Å²) in [6.07, 6.45) is 0. The molecule has 0 bridgehead atoms. The van der Waals surface area contributed by atoms with Crippen LogP contribution in [0.3, 0.4) is 0 Å². The lowest BCUT2D eigenvalue weighted by molar-refractivity contribution is 0.493. The van der Waals surface area contributed by atoms with Crippen LogP contribution in [0, 0.1) is 17.6 Å². The summed E-state index contributed by atoms with van der Waals surface area (Å²) in [5.74, 6) is 0.963. The fourth-order valence-electron chi connectivity index (χ4n) is 1.56. The van der Waals surface area contributed by atoms with Gasteiger partial charge in [0.25, 0.3) is 0 Å². The van der Waals surface area contributed by atoms with Crippen LogP contribution in [0.5, 0.6) is 0 Å². The summed E-state index contributed by atoms with van der Waals surface area (Å²) in [6.45, 7) is 4.93. The second-order valence-corrected chi connectivity index (χ2v) is 4.94. The van der Waals surface area contributed by atoms with Gasteiger partial charge in [-0.1, -0.05) is 12.1 Å². The lowest BCUT2D eigenvalue weighted by Crippen LogP contribution is -2.00. The van der Waals surface area contributed by atoms with Crippen molar-refractivity contribution in [3.05, 3.63) is 51.0 Å². The molecule has 1 N–H and O–H groups in total. The molecule has 1 aromatic carbocycles. The van der Waals surface area contributed by atoms with Gasteiger partial charge in [0.05, 0.1) is 6.54 Å². The first-order valence-corrected chi connectivity index (χ1v) is 6.28. The van der Waals surface area contributed by atoms with Crippen molar-refractivity contribution < 1.29 is 4.42 Å². The normalized spacial score (nSPS) is 10.4. The zero-order chi connectivity index (χ0) is 11.5. The number of aryl methyl sites for hydroxylation is 2. The van der Waals surface area contributed by atoms with E-state index in [2.05, 4.69) is 60.0 Å². The molecular weight excluding hydrogens is 313 g/mol. The second kappa shape index (κ2) is 4.91. The Morgan fingerprint density at radius 1 is 1.19 bits per heavy atom. The number of anilines is 1. The quantitative estimate of drug-likeness (QED) is 0.858. The maximum atomic E-state index is 5.50. The molecule has 0 saturated heterocycles. The molecule has 0 amide bonds. The number of halogens is 1. The minimum Gasteiger partial charge on any atom is -0.454 e. The minimum absolute atomic E-state index is 0.729. The number of benzene rings is 1. The van der Waals surface area contributed by atoms with Crippen molar-refractivity contribution in [1.82, 2.24) is 0 Å². The van der Waals surface area contributed by atoms with E-state index in [-0.39, 0.29) is 0 Å². The number of rotatable bonds is 3. The SMILES string of the molecule is Cc1ccc(C)c(NCc2ccc(I)o2)c1. The number of nitrogens with one attached hydrogen (secondary N) is 1. The van der Waals surface area contributed by atoms with Crippen LogP contribution in [-0.4, -0.2) is 0 Å². The summed E-state index contributed by atoms with van der Waals surface area (Å²) in [5, 5.41) is 3.39. The molecule has 0 aliphatic rings.